The SMILES string of the molecule is CC1(c2nnc(-c3ccc4c(c3)N(Cc3ccc(-c5noc(C(F)(F)F)n5)cc3)C(=O)[C@@H](N)CS4(=O)=O)o2)COC1. The number of fused-ring (bicyclic) bond motifs is 1. The molecule has 1 fully saturated rings. The Hall–Kier alpha value is -4.15. The first-order chi connectivity index (χ1) is 19.3. The molecule has 1 atom stereocenters. The third kappa shape index (κ3) is 4.87. The summed E-state index contributed by atoms with van der Waals surface area (Å²) in [5.74, 6) is -2.45. The van der Waals surface area contributed by atoms with Gasteiger partial charge in [0.2, 0.25) is 23.5 Å². The van der Waals surface area contributed by atoms with Crippen molar-refractivity contribution in [2.24, 2.45) is 5.73 Å². The predicted molar refractivity (Wildman–Crippen MR) is 134 cm³/mol. The lowest BCUT2D eigenvalue weighted by molar-refractivity contribution is -0.159. The number of hydrogen-bond donors (Lipinski definition) is 1. The molecule has 2 aliphatic rings. The van der Waals surface area contributed by atoms with Gasteiger partial charge in [-0.2, -0.15) is 18.2 Å². The van der Waals surface area contributed by atoms with Crippen LogP contribution in [0, 0.1) is 0 Å². The Balaban J connectivity index is 1.34. The standard InChI is InChI=1S/C25H21F3N6O6S/c1-24(11-38-12-24)22-32-31-20(39-22)15-6-7-18-17(8-15)34(21(35)16(29)10-41(18,36)37)9-13-2-4-14(5-3-13)19-30-23(40-33-19)25(26,27)28/h2-8,16H,9-12,29H2,1H3/t16-/m0/s1. The minimum absolute atomic E-state index is 0.0791. The summed E-state index contributed by atoms with van der Waals surface area (Å²) in [7, 11) is -3.94. The van der Waals surface area contributed by atoms with E-state index in [-0.39, 0.29) is 34.4 Å². The summed E-state index contributed by atoms with van der Waals surface area (Å²) >= 11 is 0. The zero-order valence-electron chi connectivity index (χ0n) is 21.3. The Kier molecular flexibility index (Phi) is 6.24. The van der Waals surface area contributed by atoms with Gasteiger partial charge < -0.3 is 24.3 Å². The number of carbonyl (C=O) groups excluding carboxylic acids is 1. The molecule has 0 unspecified atom stereocenters. The van der Waals surface area contributed by atoms with Gasteiger partial charge >= 0.3 is 12.1 Å². The molecule has 41 heavy (non-hydrogen) atoms. The van der Waals surface area contributed by atoms with E-state index in [1.807, 2.05) is 6.92 Å². The summed E-state index contributed by atoms with van der Waals surface area (Å²) in [5.41, 5.74) is 6.82. The van der Waals surface area contributed by atoms with Crippen molar-refractivity contribution < 1.29 is 40.1 Å². The minimum atomic E-state index is -4.78. The number of carbonyl (C=O) groups is 1. The van der Waals surface area contributed by atoms with Gasteiger partial charge in [0.1, 0.15) is 0 Å². The van der Waals surface area contributed by atoms with Crippen LogP contribution >= 0.6 is 0 Å². The molecule has 0 radical (unpaired) electrons. The van der Waals surface area contributed by atoms with Gasteiger partial charge in [0.15, 0.2) is 9.84 Å². The number of aromatic nitrogens is 4. The van der Waals surface area contributed by atoms with Crippen molar-refractivity contribution in [3.05, 3.63) is 59.8 Å². The average Bonchev–Trinajstić information content (AvgIpc) is 3.59. The van der Waals surface area contributed by atoms with E-state index in [9.17, 15) is 26.4 Å². The van der Waals surface area contributed by atoms with E-state index in [1.165, 1.54) is 35.2 Å². The molecule has 2 aliphatic heterocycles. The summed E-state index contributed by atoms with van der Waals surface area (Å²) in [4.78, 5) is 17.9. The van der Waals surface area contributed by atoms with Crippen LogP contribution in [0.3, 0.4) is 0 Å². The van der Waals surface area contributed by atoms with Crippen LogP contribution in [0.15, 0.2) is 56.3 Å². The van der Waals surface area contributed by atoms with Gasteiger partial charge in [-0.3, -0.25) is 4.79 Å². The first-order valence-electron chi connectivity index (χ1n) is 12.2. The molecule has 6 rings (SSSR count). The zero-order chi connectivity index (χ0) is 29.2. The number of sulfone groups is 1. The third-order valence-electron chi connectivity index (χ3n) is 6.82. The number of nitrogens with zero attached hydrogens (tertiary/aromatic N) is 5. The Labute approximate surface area is 230 Å². The molecule has 2 N–H and O–H groups in total. The zero-order valence-corrected chi connectivity index (χ0v) is 22.1. The van der Waals surface area contributed by atoms with Crippen molar-refractivity contribution >= 4 is 21.4 Å². The van der Waals surface area contributed by atoms with Crippen molar-refractivity contribution in [1.29, 1.82) is 0 Å². The van der Waals surface area contributed by atoms with Gasteiger partial charge in [0.05, 0.1) is 47.6 Å². The fraction of sp³-hybridized carbons (Fsp3) is 0.320. The number of alkyl halides is 3. The van der Waals surface area contributed by atoms with Crippen LogP contribution in [0.4, 0.5) is 18.9 Å². The first kappa shape index (κ1) is 27.0. The van der Waals surface area contributed by atoms with E-state index >= 15 is 0 Å². The summed E-state index contributed by atoms with van der Waals surface area (Å²) in [6.07, 6.45) is -4.78. The fourth-order valence-corrected chi connectivity index (χ4v) is 6.08. The highest BCUT2D eigenvalue weighted by Gasteiger charge is 2.41. The fourth-order valence-electron chi connectivity index (χ4n) is 4.52. The molecule has 1 amide bonds. The number of ether oxygens (including phenoxy) is 1. The first-order valence-corrected chi connectivity index (χ1v) is 13.9. The molecule has 2 aromatic carbocycles. The van der Waals surface area contributed by atoms with Gasteiger partial charge in [-0.15, -0.1) is 10.2 Å². The Morgan fingerprint density at radius 3 is 2.44 bits per heavy atom. The van der Waals surface area contributed by atoms with Crippen LogP contribution < -0.4 is 10.6 Å². The van der Waals surface area contributed by atoms with Crippen LogP contribution in [0.1, 0.15) is 24.3 Å². The van der Waals surface area contributed by atoms with Gasteiger partial charge in [-0.05, 0) is 30.7 Å². The molecule has 214 valence electrons. The van der Waals surface area contributed by atoms with E-state index in [2.05, 4.69) is 24.9 Å². The number of amides is 1. The number of nitrogens with two attached hydrogens (primary N) is 1. The number of halogens is 3. The second kappa shape index (κ2) is 9.46. The van der Waals surface area contributed by atoms with Crippen molar-refractivity contribution in [1.82, 2.24) is 20.3 Å². The monoisotopic (exact) mass is 590 g/mol. The lowest BCUT2D eigenvalue weighted by Crippen LogP contribution is -2.45. The van der Waals surface area contributed by atoms with Crippen molar-refractivity contribution in [3.63, 3.8) is 0 Å². The molecule has 0 saturated carbocycles. The number of benzene rings is 2. The number of anilines is 1. The topological polar surface area (TPSA) is 168 Å². The second-order valence-electron chi connectivity index (χ2n) is 10.1. The highest BCUT2D eigenvalue weighted by molar-refractivity contribution is 7.91. The maximum absolute atomic E-state index is 13.3. The molecule has 4 heterocycles. The van der Waals surface area contributed by atoms with Crippen molar-refractivity contribution in [3.8, 4) is 22.8 Å². The molecular formula is C25H21F3N6O6S. The average molecular weight is 591 g/mol. The maximum atomic E-state index is 13.3. The van der Waals surface area contributed by atoms with Crippen molar-refractivity contribution in [2.45, 2.75) is 36.0 Å². The molecule has 16 heteroatoms. The van der Waals surface area contributed by atoms with E-state index in [4.69, 9.17) is 14.9 Å². The highest BCUT2D eigenvalue weighted by Crippen LogP contribution is 2.37. The van der Waals surface area contributed by atoms with Gasteiger partial charge in [-0.25, -0.2) is 8.42 Å². The predicted octanol–water partition coefficient (Wildman–Crippen LogP) is 2.74. The van der Waals surface area contributed by atoms with E-state index in [1.54, 1.807) is 12.1 Å². The molecule has 2 aromatic heterocycles. The third-order valence-corrected chi connectivity index (χ3v) is 8.63. The summed E-state index contributed by atoms with van der Waals surface area (Å²) in [5, 5.41) is 11.6. The van der Waals surface area contributed by atoms with Crippen LogP contribution in [-0.2, 0) is 37.5 Å². The lowest BCUT2D eigenvalue weighted by Gasteiger charge is -2.34. The molecule has 0 spiro atoms. The number of hydrogen-bond acceptors (Lipinski definition) is 11. The molecule has 0 aliphatic carbocycles. The largest absolute Gasteiger partial charge is 0.471 e. The van der Waals surface area contributed by atoms with Gasteiger partial charge in [-0.1, -0.05) is 29.4 Å². The summed E-state index contributed by atoms with van der Waals surface area (Å²) in [6.45, 7) is 2.67. The summed E-state index contributed by atoms with van der Waals surface area (Å²) < 4.78 is 80.1. The normalized spacial score (nSPS) is 19.9. The van der Waals surface area contributed by atoms with Crippen LogP contribution in [0.25, 0.3) is 22.8 Å². The minimum Gasteiger partial charge on any atom is -0.420 e. The molecule has 12 nitrogen and oxygen atoms in total. The Morgan fingerprint density at radius 2 is 1.80 bits per heavy atom. The van der Waals surface area contributed by atoms with Crippen LogP contribution in [0.5, 0.6) is 0 Å². The quantitative estimate of drug-likeness (QED) is 0.363. The maximum Gasteiger partial charge on any atom is 0.471 e. The van der Waals surface area contributed by atoms with Crippen LogP contribution in [-0.4, -0.2) is 59.7 Å². The van der Waals surface area contributed by atoms with E-state index < -0.39 is 45.0 Å². The Morgan fingerprint density at radius 1 is 1.10 bits per heavy atom. The smallest absolute Gasteiger partial charge is 0.420 e. The lowest BCUT2D eigenvalue weighted by atomic mass is 9.89. The highest BCUT2D eigenvalue weighted by atomic mass is 32.2. The van der Waals surface area contributed by atoms with Gasteiger partial charge in [0, 0.05) is 11.1 Å². The number of rotatable bonds is 5. The Bertz CT molecular complexity index is 1750. The molecular weight excluding hydrogens is 569 g/mol. The van der Waals surface area contributed by atoms with Crippen molar-refractivity contribution in [2.75, 3.05) is 23.9 Å². The van der Waals surface area contributed by atoms with Gasteiger partial charge in [0.25, 0.3) is 0 Å². The molecule has 0 bridgehead atoms. The molecule has 4 aromatic rings. The van der Waals surface area contributed by atoms with Crippen LogP contribution in [0.2, 0.25) is 0 Å². The summed E-state index contributed by atoms with van der Waals surface area (Å²) in [6, 6.07) is 9.05. The molecule has 1 saturated heterocycles. The van der Waals surface area contributed by atoms with E-state index in [0.717, 1.165) is 0 Å². The second-order valence-corrected chi connectivity index (χ2v) is 12.1. The van der Waals surface area contributed by atoms with E-state index in [0.29, 0.717) is 30.2 Å².